The van der Waals surface area contributed by atoms with Gasteiger partial charge in [0.25, 0.3) is 0 Å². The SMILES string of the molecule is CC(C)c1ncc(-c2cnc(N)c(OCc3cccc(C#CC(C)(C)O)c3)c2)s1.CC(C)c1ncc(-c2cnc(N)c(OCc3cccc(C#CC(C)(C)OC4CCCCO4)c3)c2)s1. The van der Waals surface area contributed by atoms with Crippen LogP contribution in [0, 0.1) is 23.7 Å². The number of thiazole rings is 2. The fourth-order valence-corrected chi connectivity index (χ4v) is 8.00. The lowest BCUT2D eigenvalue weighted by Crippen LogP contribution is -2.33. The van der Waals surface area contributed by atoms with E-state index < -0.39 is 11.2 Å². The number of aromatic nitrogens is 4. The quantitative estimate of drug-likeness (QED) is 0.100. The highest BCUT2D eigenvalue weighted by molar-refractivity contribution is 7.15. The molecule has 1 aliphatic heterocycles. The van der Waals surface area contributed by atoms with E-state index in [2.05, 4.69) is 71.3 Å². The van der Waals surface area contributed by atoms with E-state index in [9.17, 15) is 5.11 Å². The topological polar surface area (TPSA) is 161 Å². The predicted molar refractivity (Wildman–Crippen MR) is 258 cm³/mol. The lowest BCUT2D eigenvalue weighted by molar-refractivity contribution is -0.199. The van der Waals surface area contributed by atoms with Crippen molar-refractivity contribution >= 4 is 34.3 Å². The standard InChI is InChI=1S/C28H33N3O3S.C23H25N3O2S/c1-19(2)27-31-17-24(35-27)22-15-23(26(29)30-16-22)33-18-21-9-7-8-20(14-21)11-12-28(3,4)34-25-10-5-6-13-32-25;1-15(2)22-26-13-20(29-22)18-11-19(21(24)25-12-18)28-14-17-7-5-6-16(10-17)8-9-23(3,4)27/h7-9,14-17,19,25H,5-6,10,13,18H2,1-4H3,(H2,29,30);5-7,10-13,15,27H,14H2,1-4H3,(H2,24,25). The van der Waals surface area contributed by atoms with Gasteiger partial charge in [0.05, 0.1) is 19.8 Å². The molecule has 0 aliphatic carbocycles. The van der Waals surface area contributed by atoms with Gasteiger partial charge in [-0.05, 0) is 94.5 Å². The molecule has 5 heterocycles. The first kappa shape index (κ1) is 47.7. The number of rotatable bonds is 12. The van der Waals surface area contributed by atoms with E-state index in [4.69, 9.17) is 30.4 Å². The van der Waals surface area contributed by atoms with Crippen LogP contribution in [-0.4, -0.2) is 49.1 Å². The first-order valence-corrected chi connectivity index (χ1v) is 23.1. The lowest BCUT2D eigenvalue weighted by atomic mass is 10.1. The zero-order valence-electron chi connectivity index (χ0n) is 37.9. The van der Waals surface area contributed by atoms with Crippen LogP contribution in [0.1, 0.15) is 119 Å². The molecule has 64 heavy (non-hydrogen) atoms. The fourth-order valence-electron chi connectivity index (χ4n) is 6.20. The van der Waals surface area contributed by atoms with Crippen LogP contribution in [0.4, 0.5) is 11.6 Å². The average Bonchev–Trinajstić information content (AvgIpc) is 3.98. The van der Waals surface area contributed by atoms with Gasteiger partial charge in [0, 0.05) is 65.5 Å². The summed E-state index contributed by atoms with van der Waals surface area (Å²) in [7, 11) is 0. The van der Waals surface area contributed by atoms with Gasteiger partial charge in [-0.1, -0.05) is 75.6 Å². The second-order valence-electron chi connectivity index (χ2n) is 17.1. The maximum atomic E-state index is 9.76. The van der Waals surface area contributed by atoms with Gasteiger partial charge in [-0.15, -0.1) is 22.7 Å². The Morgan fingerprint density at radius 3 is 1.64 bits per heavy atom. The molecule has 0 bridgehead atoms. The molecule has 1 aliphatic rings. The molecule has 4 aromatic heterocycles. The summed E-state index contributed by atoms with van der Waals surface area (Å²) in [6.45, 7) is 17.2. The summed E-state index contributed by atoms with van der Waals surface area (Å²) >= 11 is 3.31. The normalized spacial score (nSPS) is 13.9. The smallest absolute Gasteiger partial charge is 0.166 e. The van der Waals surface area contributed by atoms with E-state index in [1.165, 1.54) is 0 Å². The van der Waals surface area contributed by atoms with Crippen LogP contribution in [0.2, 0.25) is 0 Å². The molecule has 6 aromatic rings. The van der Waals surface area contributed by atoms with Crippen molar-refractivity contribution in [2.45, 2.75) is 117 Å². The molecule has 11 nitrogen and oxygen atoms in total. The Morgan fingerprint density at radius 2 is 1.20 bits per heavy atom. The summed E-state index contributed by atoms with van der Waals surface area (Å²) in [4.78, 5) is 19.7. The van der Waals surface area contributed by atoms with E-state index in [0.29, 0.717) is 48.2 Å². The van der Waals surface area contributed by atoms with Gasteiger partial charge >= 0.3 is 0 Å². The van der Waals surface area contributed by atoms with Crippen molar-refractivity contribution < 1.29 is 24.1 Å². The van der Waals surface area contributed by atoms with Gasteiger partial charge < -0.3 is 35.5 Å². The summed E-state index contributed by atoms with van der Waals surface area (Å²) in [6.07, 6.45) is 10.2. The number of benzene rings is 2. The molecule has 1 unspecified atom stereocenters. The number of nitrogen functional groups attached to an aromatic ring is 2. The summed E-state index contributed by atoms with van der Waals surface area (Å²) < 4.78 is 23.7. The Bertz CT molecular complexity index is 2620. The van der Waals surface area contributed by atoms with Gasteiger partial charge in [-0.2, -0.15) is 0 Å². The Hall–Kier alpha value is -5.80. The van der Waals surface area contributed by atoms with Crippen molar-refractivity contribution in [3.63, 3.8) is 0 Å². The van der Waals surface area contributed by atoms with Gasteiger partial charge in [-0.3, -0.25) is 0 Å². The molecule has 1 saturated heterocycles. The van der Waals surface area contributed by atoms with E-state index in [0.717, 1.165) is 79.0 Å². The van der Waals surface area contributed by atoms with Crippen LogP contribution < -0.4 is 20.9 Å². The zero-order valence-corrected chi connectivity index (χ0v) is 39.5. The number of nitrogens with two attached hydrogens (primary N) is 2. The number of hydrogen-bond acceptors (Lipinski definition) is 13. The number of nitrogens with zero attached hydrogens (tertiary/aromatic N) is 4. The molecule has 1 fully saturated rings. The maximum absolute atomic E-state index is 9.76. The van der Waals surface area contributed by atoms with Crippen molar-refractivity contribution in [2.75, 3.05) is 18.1 Å². The molecule has 7 rings (SSSR count). The third-order valence-corrected chi connectivity index (χ3v) is 12.3. The summed E-state index contributed by atoms with van der Waals surface area (Å²) in [5.41, 5.74) is 16.0. The van der Waals surface area contributed by atoms with E-state index in [1.807, 2.05) is 86.9 Å². The first-order chi connectivity index (χ1) is 30.5. The molecule has 0 amide bonds. The van der Waals surface area contributed by atoms with Crippen molar-refractivity contribution in [3.05, 3.63) is 118 Å². The molecule has 2 aromatic carbocycles. The summed E-state index contributed by atoms with van der Waals surface area (Å²) in [6, 6.07) is 19.5. The molecule has 334 valence electrons. The second kappa shape index (κ2) is 21.7. The lowest BCUT2D eigenvalue weighted by Gasteiger charge is -2.29. The monoisotopic (exact) mass is 898 g/mol. The third kappa shape index (κ3) is 14.4. The largest absolute Gasteiger partial charge is 0.485 e. The molecule has 1 atom stereocenters. The highest BCUT2D eigenvalue weighted by Crippen LogP contribution is 2.35. The number of hydrogen-bond donors (Lipinski definition) is 3. The molecular weight excluding hydrogens is 841 g/mol. The fraction of sp³-hybridized carbons (Fsp3) is 0.373. The van der Waals surface area contributed by atoms with E-state index in [-0.39, 0.29) is 6.29 Å². The minimum absolute atomic E-state index is 0.176. The Kier molecular flexibility index (Phi) is 16.2. The highest BCUT2D eigenvalue weighted by atomic mass is 32.1. The van der Waals surface area contributed by atoms with Crippen LogP contribution in [0.25, 0.3) is 20.9 Å². The minimum Gasteiger partial charge on any atom is -0.485 e. The summed E-state index contributed by atoms with van der Waals surface area (Å²) in [5.74, 6) is 14.8. The van der Waals surface area contributed by atoms with Crippen LogP contribution in [0.3, 0.4) is 0 Å². The van der Waals surface area contributed by atoms with Crippen molar-refractivity contribution in [2.24, 2.45) is 0 Å². The molecule has 0 spiro atoms. The van der Waals surface area contributed by atoms with Crippen LogP contribution in [0.5, 0.6) is 11.5 Å². The number of pyridine rings is 2. The van der Waals surface area contributed by atoms with Gasteiger partial charge in [0.15, 0.2) is 29.4 Å². The van der Waals surface area contributed by atoms with Crippen LogP contribution in [-0.2, 0) is 22.7 Å². The molecular formula is C51H58N6O5S2. The average molecular weight is 899 g/mol. The highest BCUT2D eigenvalue weighted by Gasteiger charge is 2.24. The molecule has 5 N–H and O–H groups in total. The minimum atomic E-state index is -1.03. The maximum Gasteiger partial charge on any atom is 0.166 e. The van der Waals surface area contributed by atoms with Crippen molar-refractivity contribution in [3.8, 4) is 56.1 Å². The van der Waals surface area contributed by atoms with Gasteiger partial charge in [-0.25, -0.2) is 19.9 Å². The Morgan fingerprint density at radius 1 is 0.703 bits per heavy atom. The first-order valence-electron chi connectivity index (χ1n) is 21.4. The Labute approximate surface area is 385 Å². The number of aliphatic hydroxyl groups is 1. The van der Waals surface area contributed by atoms with Gasteiger partial charge in [0.2, 0.25) is 0 Å². The second-order valence-corrected chi connectivity index (χ2v) is 19.2. The summed E-state index contributed by atoms with van der Waals surface area (Å²) in [5, 5.41) is 11.9. The van der Waals surface area contributed by atoms with Crippen LogP contribution in [0.15, 0.2) is 85.5 Å². The van der Waals surface area contributed by atoms with Crippen molar-refractivity contribution in [1.29, 1.82) is 0 Å². The van der Waals surface area contributed by atoms with Gasteiger partial charge in [0.1, 0.15) is 24.4 Å². The predicted octanol–water partition coefficient (Wildman–Crippen LogP) is 10.8. The molecule has 13 heteroatoms. The molecule has 0 radical (unpaired) electrons. The van der Waals surface area contributed by atoms with E-state index >= 15 is 0 Å². The van der Waals surface area contributed by atoms with Crippen molar-refractivity contribution in [1.82, 2.24) is 19.9 Å². The Balaban J connectivity index is 0.000000216. The van der Waals surface area contributed by atoms with Crippen LogP contribution >= 0.6 is 22.7 Å². The van der Waals surface area contributed by atoms with E-state index in [1.54, 1.807) is 48.9 Å². The third-order valence-electron chi connectivity index (χ3n) is 9.59. The zero-order chi connectivity index (χ0) is 45.9. The number of anilines is 2. The molecule has 0 saturated carbocycles. The number of ether oxygens (including phenoxy) is 4.